The van der Waals surface area contributed by atoms with Crippen LogP contribution in [0.3, 0.4) is 0 Å². The quantitative estimate of drug-likeness (QED) is 0.394. The van der Waals surface area contributed by atoms with Gasteiger partial charge in [-0.1, -0.05) is 0 Å². The number of hydrogen-bond acceptors (Lipinski definition) is 7. The number of fused-ring (bicyclic) bond motifs is 1. The van der Waals surface area contributed by atoms with Crippen LogP contribution in [0.25, 0.3) is 11.2 Å². The minimum absolute atomic E-state index is 0.0256. The van der Waals surface area contributed by atoms with Gasteiger partial charge in [-0.25, -0.2) is 9.78 Å². The first-order valence-electron chi connectivity index (χ1n) is 5.84. The molecule has 2 aromatic heterocycles. The van der Waals surface area contributed by atoms with Crippen molar-refractivity contribution in [3.8, 4) is 0 Å². The van der Waals surface area contributed by atoms with Crippen molar-refractivity contribution in [2.45, 2.75) is 24.5 Å². The van der Waals surface area contributed by atoms with E-state index in [1.54, 1.807) is 0 Å². The molecule has 5 N–H and O–H groups in total. The fraction of sp³-hybridized carbons (Fsp3) is 0.500. The molecule has 4 atom stereocenters. The molecule has 10 nitrogen and oxygen atoms in total. The Morgan fingerprint density at radius 1 is 1.30 bits per heavy atom. The van der Waals surface area contributed by atoms with E-state index in [9.17, 15) is 19.8 Å². The van der Waals surface area contributed by atoms with Crippen molar-refractivity contribution in [3.05, 3.63) is 27.2 Å². The number of ether oxygens (including phenoxy) is 1. The third kappa shape index (κ3) is 1.78. The summed E-state index contributed by atoms with van der Waals surface area (Å²) in [5.74, 6) is 0. The Morgan fingerprint density at radius 2 is 2.05 bits per heavy atom. The Labute approximate surface area is 110 Å². The second-order valence-corrected chi connectivity index (χ2v) is 4.49. The van der Waals surface area contributed by atoms with Gasteiger partial charge in [-0.3, -0.25) is 19.3 Å². The molecule has 1 aliphatic heterocycles. The lowest BCUT2D eigenvalue weighted by Crippen LogP contribution is -2.33. The molecule has 20 heavy (non-hydrogen) atoms. The summed E-state index contributed by atoms with van der Waals surface area (Å²) >= 11 is 0. The summed E-state index contributed by atoms with van der Waals surface area (Å²) in [5, 5.41) is 28.7. The van der Waals surface area contributed by atoms with Crippen molar-refractivity contribution in [1.29, 1.82) is 0 Å². The van der Waals surface area contributed by atoms with Crippen molar-refractivity contribution in [2.75, 3.05) is 6.61 Å². The van der Waals surface area contributed by atoms with Crippen molar-refractivity contribution < 1.29 is 20.1 Å². The summed E-state index contributed by atoms with van der Waals surface area (Å²) in [5.41, 5.74) is -1.36. The van der Waals surface area contributed by atoms with Gasteiger partial charge in [-0.15, -0.1) is 0 Å². The van der Waals surface area contributed by atoms with Gasteiger partial charge in [0.1, 0.15) is 24.0 Å². The zero-order valence-corrected chi connectivity index (χ0v) is 10.1. The topological polar surface area (TPSA) is 153 Å². The average molecular weight is 284 g/mol. The van der Waals surface area contributed by atoms with E-state index >= 15 is 0 Å². The van der Waals surface area contributed by atoms with E-state index in [2.05, 4.69) is 9.97 Å². The van der Waals surface area contributed by atoms with E-state index in [4.69, 9.17) is 9.84 Å². The van der Waals surface area contributed by atoms with Crippen LogP contribution in [0.15, 0.2) is 15.9 Å². The number of aliphatic hydroxyl groups excluding tert-OH is 3. The summed E-state index contributed by atoms with van der Waals surface area (Å²) in [4.78, 5) is 31.1. The molecule has 0 radical (unpaired) electrons. The van der Waals surface area contributed by atoms with Crippen molar-refractivity contribution in [1.82, 2.24) is 19.5 Å². The molecule has 0 unspecified atom stereocenters. The van der Waals surface area contributed by atoms with Gasteiger partial charge >= 0.3 is 5.69 Å². The first-order chi connectivity index (χ1) is 9.52. The molecule has 0 amide bonds. The van der Waals surface area contributed by atoms with Gasteiger partial charge in [-0.05, 0) is 0 Å². The zero-order valence-electron chi connectivity index (χ0n) is 10.1. The van der Waals surface area contributed by atoms with E-state index in [1.165, 1.54) is 10.9 Å². The molecule has 3 heterocycles. The van der Waals surface area contributed by atoms with Crippen LogP contribution in [-0.2, 0) is 4.74 Å². The van der Waals surface area contributed by atoms with Crippen LogP contribution < -0.4 is 11.2 Å². The fourth-order valence-electron chi connectivity index (χ4n) is 2.25. The number of nitrogens with zero attached hydrogens (tertiary/aromatic N) is 2. The highest BCUT2D eigenvalue weighted by Crippen LogP contribution is 2.30. The van der Waals surface area contributed by atoms with Gasteiger partial charge in [-0.2, -0.15) is 0 Å². The highest BCUT2D eigenvalue weighted by molar-refractivity contribution is 5.68. The highest BCUT2D eigenvalue weighted by atomic mass is 16.6. The maximum atomic E-state index is 11.6. The van der Waals surface area contributed by atoms with Crippen molar-refractivity contribution >= 4 is 11.2 Å². The smallest absolute Gasteiger partial charge is 0.327 e. The molecule has 1 fully saturated rings. The van der Waals surface area contributed by atoms with E-state index in [0.717, 1.165) is 0 Å². The molecule has 0 saturated carbocycles. The van der Waals surface area contributed by atoms with Gasteiger partial charge in [0.2, 0.25) is 0 Å². The number of aromatic amines is 2. The summed E-state index contributed by atoms with van der Waals surface area (Å²) in [7, 11) is 0. The Bertz CT molecular complexity index is 748. The normalized spacial score (nSPS) is 30.1. The zero-order chi connectivity index (χ0) is 14.4. The number of rotatable bonds is 2. The monoisotopic (exact) mass is 284 g/mol. The lowest BCUT2D eigenvalue weighted by Gasteiger charge is -2.16. The van der Waals surface area contributed by atoms with Gasteiger partial charge in [0.05, 0.1) is 12.9 Å². The Kier molecular flexibility index (Phi) is 2.94. The lowest BCUT2D eigenvalue weighted by atomic mass is 10.1. The van der Waals surface area contributed by atoms with Crippen molar-refractivity contribution in [3.63, 3.8) is 0 Å². The Hall–Kier alpha value is -2.01. The fourth-order valence-corrected chi connectivity index (χ4v) is 2.25. The van der Waals surface area contributed by atoms with Crippen LogP contribution in [-0.4, -0.2) is 59.8 Å². The molecular weight excluding hydrogens is 272 g/mol. The first kappa shape index (κ1) is 13.0. The van der Waals surface area contributed by atoms with Gasteiger partial charge < -0.3 is 20.1 Å². The summed E-state index contributed by atoms with van der Waals surface area (Å²) in [6.45, 7) is -0.474. The summed E-state index contributed by atoms with van der Waals surface area (Å²) in [6, 6.07) is 0. The lowest BCUT2D eigenvalue weighted by molar-refractivity contribution is -0.0511. The van der Waals surface area contributed by atoms with Crippen molar-refractivity contribution in [2.24, 2.45) is 0 Å². The van der Waals surface area contributed by atoms with Crippen LogP contribution in [0.4, 0.5) is 0 Å². The van der Waals surface area contributed by atoms with E-state index in [-0.39, 0.29) is 11.2 Å². The summed E-state index contributed by atoms with van der Waals surface area (Å²) in [6.07, 6.45) is -3.43. The number of H-pyrrole nitrogens is 2. The maximum Gasteiger partial charge on any atom is 0.327 e. The average Bonchev–Trinajstić information content (AvgIpc) is 2.93. The Morgan fingerprint density at radius 3 is 2.70 bits per heavy atom. The molecule has 0 aromatic carbocycles. The van der Waals surface area contributed by atoms with Crippen LogP contribution in [0.1, 0.15) is 6.23 Å². The van der Waals surface area contributed by atoms with E-state index in [0.29, 0.717) is 0 Å². The SMILES string of the molecule is O=c1[nH]c(=O)c2ncn([C@@H]3O[C@H](CO)[C@H](O)[C@H]3O)c2[nH]1. The largest absolute Gasteiger partial charge is 0.394 e. The number of imidazole rings is 1. The minimum Gasteiger partial charge on any atom is -0.394 e. The maximum absolute atomic E-state index is 11.6. The van der Waals surface area contributed by atoms with Gasteiger partial charge in [0.15, 0.2) is 11.7 Å². The molecule has 1 saturated heterocycles. The highest BCUT2D eigenvalue weighted by Gasteiger charge is 2.43. The van der Waals surface area contributed by atoms with Crippen LogP contribution in [0.5, 0.6) is 0 Å². The molecular formula is C10H12N4O6. The number of nitrogens with one attached hydrogen (secondary N) is 2. The Balaban J connectivity index is 2.12. The molecule has 108 valence electrons. The first-order valence-corrected chi connectivity index (χ1v) is 5.84. The van der Waals surface area contributed by atoms with Gasteiger partial charge in [0, 0.05) is 0 Å². The molecule has 3 rings (SSSR count). The van der Waals surface area contributed by atoms with Crippen LogP contribution in [0.2, 0.25) is 0 Å². The number of hydrogen-bond donors (Lipinski definition) is 5. The molecule has 0 aliphatic carbocycles. The molecule has 2 aromatic rings. The molecule has 10 heteroatoms. The third-order valence-electron chi connectivity index (χ3n) is 3.26. The standard InChI is InChI=1S/C10H12N4O6/c15-1-3-5(16)6(17)9(20-3)14-2-11-4-7(14)12-10(19)13-8(4)18/h2-3,5-6,9,15-17H,1H2,(H2,12,13,18,19)/t3-,5+,6-,9-/m1/s1. The predicted molar refractivity (Wildman–Crippen MR) is 64.0 cm³/mol. The second kappa shape index (κ2) is 4.52. The van der Waals surface area contributed by atoms with Crippen LogP contribution >= 0.6 is 0 Å². The molecule has 1 aliphatic rings. The number of aromatic nitrogens is 4. The van der Waals surface area contributed by atoms with Gasteiger partial charge in [0.25, 0.3) is 5.56 Å². The van der Waals surface area contributed by atoms with Crippen LogP contribution in [0, 0.1) is 0 Å². The summed E-state index contributed by atoms with van der Waals surface area (Å²) < 4.78 is 6.54. The second-order valence-electron chi connectivity index (χ2n) is 4.49. The minimum atomic E-state index is -1.33. The number of aliphatic hydroxyl groups is 3. The van der Waals surface area contributed by atoms with E-state index in [1.807, 2.05) is 4.98 Å². The predicted octanol–water partition coefficient (Wildman–Crippen LogP) is -2.98. The van der Waals surface area contributed by atoms with E-state index < -0.39 is 42.4 Å². The molecule has 0 spiro atoms. The third-order valence-corrected chi connectivity index (χ3v) is 3.26. The molecule has 0 bridgehead atoms.